The Kier molecular flexibility index (Phi) is 4.26. The van der Waals surface area contributed by atoms with Crippen LogP contribution in [-0.4, -0.2) is 16.3 Å². The third-order valence-corrected chi connectivity index (χ3v) is 2.82. The number of aryl methyl sites for hydroxylation is 1. The maximum atomic E-state index is 13.5. The van der Waals surface area contributed by atoms with E-state index in [0.717, 1.165) is 12.1 Å². The van der Waals surface area contributed by atoms with Crippen molar-refractivity contribution in [3.8, 4) is 6.07 Å². The molecule has 0 spiro atoms. The topological polar surface area (TPSA) is 53.6 Å². The molecule has 19 heavy (non-hydrogen) atoms. The summed E-state index contributed by atoms with van der Waals surface area (Å²) in [6, 6.07) is 8.34. The zero-order valence-corrected chi connectivity index (χ0v) is 10.7. The highest BCUT2D eigenvalue weighted by molar-refractivity contribution is 5.33. The quantitative estimate of drug-likeness (QED) is 0.831. The van der Waals surface area contributed by atoms with Crippen LogP contribution in [0.15, 0.2) is 30.5 Å². The predicted molar refractivity (Wildman–Crippen MR) is 69.7 cm³/mol. The van der Waals surface area contributed by atoms with Crippen molar-refractivity contribution in [1.29, 1.82) is 5.26 Å². The molecule has 0 aliphatic heterocycles. The van der Waals surface area contributed by atoms with Gasteiger partial charge in [-0.3, -0.25) is 4.68 Å². The van der Waals surface area contributed by atoms with Gasteiger partial charge in [-0.25, -0.2) is 4.39 Å². The second-order valence-electron chi connectivity index (χ2n) is 4.33. The Hall–Kier alpha value is -2.19. The van der Waals surface area contributed by atoms with Crippen molar-refractivity contribution in [2.45, 2.75) is 13.0 Å². The number of nitrogens with zero attached hydrogens (tertiary/aromatic N) is 3. The maximum absolute atomic E-state index is 13.5. The van der Waals surface area contributed by atoms with Crippen LogP contribution in [0.5, 0.6) is 0 Å². The van der Waals surface area contributed by atoms with Crippen LogP contribution in [0.4, 0.5) is 4.39 Å². The summed E-state index contributed by atoms with van der Waals surface area (Å²) >= 11 is 0. The highest BCUT2D eigenvalue weighted by atomic mass is 19.1. The molecule has 0 bridgehead atoms. The molecule has 0 saturated heterocycles. The Morgan fingerprint density at radius 2 is 2.26 bits per heavy atom. The third-order valence-electron chi connectivity index (χ3n) is 2.82. The van der Waals surface area contributed by atoms with E-state index in [9.17, 15) is 4.39 Å². The molecule has 4 nitrogen and oxygen atoms in total. The van der Waals surface area contributed by atoms with Crippen molar-refractivity contribution in [2.24, 2.45) is 7.05 Å². The van der Waals surface area contributed by atoms with Crippen LogP contribution in [0, 0.1) is 17.1 Å². The van der Waals surface area contributed by atoms with Gasteiger partial charge in [0.25, 0.3) is 0 Å². The number of nitrogens with one attached hydrogen (secondary N) is 1. The Morgan fingerprint density at radius 1 is 1.42 bits per heavy atom. The van der Waals surface area contributed by atoms with Crippen LogP contribution >= 0.6 is 0 Å². The van der Waals surface area contributed by atoms with E-state index < -0.39 is 0 Å². The highest BCUT2D eigenvalue weighted by Crippen LogP contribution is 2.09. The highest BCUT2D eigenvalue weighted by Gasteiger charge is 2.03. The smallest absolute Gasteiger partial charge is 0.127 e. The lowest BCUT2D eigenvalue weighted by atomic mass is 10.1. The number of benzene rings is 1. The van der Waals surface area contributed by atoms with Gasteiger partial charge >= 0.3 is 0 Å². The molecule has 0 fully saturated rings. The SMILES string of the molecule is Cn1ccc(CCNCc2cc(C#N)ccc2F)n1. The van der Waals surface area contributed by atoms with Crippen LogP contribution in [0.1, 0.15) is 16.8 Å². The lowest BCUT2D eigenvalue weighted by Gasteiger charge is -2.05. The fourth-order valence-electron chi connectivity index (χ4n) is 1.82. The maximum Gasteiger partial charge on any atom is 0.127 e. The lowest BCUT2D eigenvalue weighted by Crippen LogP contribution is -2.17. The number of halogens is 1. The minimum Gasteiger partial charge on any atom is -0.312 e. The largest absolute Gasteiger partial charge is 0.312 e. The fourth-order valence-corrected chi connectivity index (χ4v) is 1.82. The van der Waals surface area contributed by atoms with Crippen molar-refractivity contribution in [1.82, 2.24) is 15.1 Å². The van der Waals surface area contributed by atoms with E-state index in [1.165, 1.54) is 12.1 Å². The first kappa shape index (κ1) is 13.2. The van der Waals surface area contributed by atoms with E-state index in [1.54, 1.807) is 10.7 Å². The summed E-state index contributed by atoms with van der Waals surface area (Å²) in [4.78, 5) is 0. The van der Waals surface area contributed by atoms with Crippen molar-refractivity contribution < 1.29 is 4.39 Å². The summed E-state index contributed by atoms with van der Waals surface area (Å²) in [5.74, 6) is -0.288. The number of rotatable bonds is 5. The summed E-state index contributed by atoms with van der Waals surface area (Å²) in [5, 5.41) is 16.2. The zero-order valence-electron chi connectivity index (χ0n) is 10.7. The molecular formula is C14H15FN4. The van der Waals surface area contributed by atoms with Crippen LogP contribution in [0.25, 0.3) is 0 Å². The molecule has 98 valence electrons. The van der Waals surface area contributed by atoms with Crippen molar-refractivity contribution in [2.75, 3.05) is 6.54 Å². The van der Waals surface area contributed by atoms with Gasteiger partial charge in [-0.15, -0.1) is 0 Å². The monoisotopic (exact) mass is 258 g/mol. The molecule has 2 rings (SSSR count). The average Bonchev–Trinajstić information content (AvgIpc) is 2.82. The van der Waals surface area contributed by atoms with E-state index in [1.807, 2.05) is 25.4 Å². The Bertz CT molecular complexity index is 598. The standard InChI is InChI=1S/C14H15FN4/c1-19-7-5-13(18-19)4-6-17-10-12-8-11(9-16)2-3-14(12)15/h2-3,5,7-8,17H,4,6,10H2,1H3. The molecule has 0 atom stereocenters. The molecule has 1 aromatic carbocycles. The van der Waals surface area contributed by atoms with Gasteiger partial charge in [0, 0.05) is 38.3 Å². The van der Waals surface area contributed by atoms with Crippen LogP contribution in [-0.2, 0) is 20.0 Å². The molecule has 1 aromatic heterocycles. The van der Waals surface area contributed by atoms with Gasteiger partial charge < -0.3 is 5.32 Å². The Morgan fingerprint density at radius 3 is 2.95 bits per heavy atom. The average molecular weight is 258 g/mol. The number of hydrogen-bond acceptors (Lipinski definition) is 3. The fraction of sp³-hybridized carbons (Fsp3) is 0.286. The molecule has 2 aromatic rings. The van der Waals surface area contributed by atoms with Gasteiger partial charge in [0.05, 0.1) is 17.3 Å². The van der Waals surface area contributed by atoms with Gasteiger partial charge in [0.2, 0.25) is 0 Å². The molecule has 0 aliphatic rings. The molecule has 0 saturated carbocycles. The molecule has 0 amide bonds. The predicted octanol–water partition coefficient (Wildman–Crippen LogP) is 1.76. The van der Waals surface area contributed by atoms with E-state index in [4.69, 9.17) is 5.26 Å². The first-order valence-corrected chi connectivity index (χ1v) is 6.07. The minimum atomic E-state index is -0.288. The van der Waals surface area contributed by atoms with Crippen LogP contribution < -0.4 is 5.32 Å². The van der Waals surface area contributed by atoms with Crippen LogP contribution in [0.2, 0.25) is 0 Å². The molecular weight excluding hydrogens is 243 g/mol. The van der Waals surface area contributed by atoms with Gasteiger partial charge in [-0.1, -0.05) is 0 Å². The van der Waals surface area contributed by atoms with Gasteiger partial charge in [0.15, 0.2) is 0 Å². The molecule has 5 heteroatoms. The second-order valence-corrected chi connectivity index (χ2v) is 4.33. The van der Waals surface area contributed by atoms with Gasteiger partial charge in [-0.2, -0.15) is 10.4 Å². The van der Waals surface area contributed by atoms with Crippen LogP contribution in [0.3, 0.4) is 0 Å². The molecule has 0 aliphatic carbocycles. The summed E-state index contributed by atoms with van der Waals surface area (Å²) < 4.78 is 15.2. The first-order chi connectivity index (χ1) is 9.19. The van der Waals surface area contributed by atoms with E-state index in [-0.39, 0.29) is 5.82 Å². The first-order valence-electron chi connectivity index (χ1n) is 6.07. The van der Waals surface area contributed by atoms with Crippen molar-refractivity contribution in [3.63, 3.8) is 0 Å². The van der Waals surface area contributed by atoms with E-state index >= 15 is 0 Å². The normalized spacial score (nSPS) is 10.4. The number of nitriles is 1. The summed E-state index contributed by atoms with van der Waals surface area (Å²) in [5.41, 5.74) is 1.99. The van der Waals surface area contributed by atoms with Crippen molar-refractivity contribution in [3.05, 3.63) is 53.1 Å². The molecule has 0 radical (unpaired) electrons. The number of aromatic nitrogens is 2. The second kappa shape index (κ2) is 6.12. The molecule has 1 heterocycles. The third kappa shape index (κ3) is 3.63. The van der Waals surface area contributed by atoms with Gasteiger partial charge in [-0.05, 0) is 24.3 Å². The van der Waals surface area contributed by atoms with E-state index in [0.29, 0.717) is 24.2 Å². The number of hydrogen-bond donors (Lipinski definition) is 1. The molecule has 0 unspecified atom stereocenters. The summed E-state index contributed by atoms with van der Waals surface area (Å²) in [6.45, 7) is 1.13. The lowest BCUT2D eigenvalue weighted by molar-refractivity contribution is 0.586. The Balaban J connectivity index is 1.84. The summed E-state index contributed by atoms with van der Waals surface area (Å²) in [7, 11) is 1.87. The zero-order chi connectivity index (χ0) is 13.7. The van der Waals surface area contributed by atoms with Crippen molar-refractivity contribution >= 4 is 0 Å². The van der Waals surface area contributed by atoms with E-state index in [2.05, 4.69) is 10.4 Å². The summed E-state index contributed by atoms with van der Waals surface area (Å²) in [6.07, 6.45) is 2.69. The minimum absolute atomic E-state index is 0.288. The molecule has 1 N–H and O–H groups in total. The Labute approximate surface area is 111 Å². The van der Waals surface area contributed by atoms with Gasteiger partial charge in [0.1, 0.15) is 5.82 Å².